The Hall–Kier alpha value is -1.94. The monoisotopic (exact) mass is 1420 g/mol. The molecule has 576 valence electrons. The summed E-state index contributed by atoms with van der Waals surface area (Å²) in [7, 11) is -9.91. The number of esters is 4. The second-order valence-electron chi connectivity index (χ2n) is 29.5. The second kappa shape index (κ2) is 67.2. The molecule has 0 saturated carbocycles. The van der Waals surface area contributed by atoms with Crippen LogP contribution in [0.4, 0.5) is 0 Å². The molecule has 5 unspecified atom stereocenters. The van der Waals surface area contributed by atoms with Gasteiger partial charge in [0.15, 0.2) is 12.2 Å². The van der Waals surface area contributed by atoms with Gasteiger partial charge in [-0.15, -0.1) is 0 Å². The number of phosphoric ester groups is 2. The quantitative estimate of drug-likeness (QED) is 0.0222. The van der Waals surface area contributed by atoms with Crippen molar-refractivity contribution in [3.63, 3.8) is 0 Å². The van der Waals surface area contributed by atoms with Crippen molar-refractivity contribution in [2.24, 2.45) is 23.7 Å². The highest BCUT2D eigenvalue weighted by atomic mass is 31.2. The lowest BCUT2D eigenvalue weighted by molar-refractivity contribution is -0.161. The van der Waals surface area contributed by atoms with Crippen molar-refractivity contribution in [1.29, 1.82) is 0 Å². The van der Waals surface area contributed by atoms with Gasteiger partial charge < -0.3 is 33.8 Å². The summed E-state index contributed by atoms with van der Waals surface area (Å²) >= 11 is 0. The number of carbonyl (C=O) groups excluding carboxylic acids is 4. The van der Waals surface area contributed by atoms with Crippen molar-refractivity contribution >= 4 is 39.5 Å². The number of phosphoric acid groups is 2. The van der Waals surface area contributed by atoms with E-state index in [1.165, 1.54) is 193 Å². The first-order valence-electron chi connectivity index (χ1n) is 40.3. The fraction of sp³-hybridized carbons (Fsp3) is 0.949. The fourth-order valence-electron chi connectivity index (χ4n) is 11.8. The lowest BCUT2D eigenvalue weighted by Crippen LogP contribution is -2.30. The number of unbranched alkanes of at least 4 members (excludes halogenated alkanes) is 39. The molecule has 0 fully saturated rings. The minimum atomic E-state index is -4.96. The first kappa shape index (κ1) is 95.1. The number of carbonyl (C=O) groups is 4. The number of ether oxygens (including phenoxy) is 4. The van der Waals surface area contributed by atoms with E-state index in [0.717, 1.165) is 114 Å². The molecular weight excluding hydrogens is 1270 g/mol. The van der Waals surface area contributed by atoms with Gasteiger partial charge in [0.05, 0.1) is 26.4 Å². The van der Waals surface area contributed by atoms with Crippen LogP contribution in [0.1, 0.15) is 396 Å². The summed E-state index contributed by atoms with van der Waals surface area (Å²) in [6.45, 7) is 14.2. The highest BCUT2D eigenvalue weighted by Crippen LogP contribution is 2.45. The van der Waals surface area contributed by atoms with Gasteiger partial charge in [0.1, 0.15) is 19.3 Å². The first-order chi connectivity index (χ1) is 46.7. The Labute approximate surface area is 594 Å². The minimum absolute atomic E-state index is 0.104. The second-order valence-corrected chi connectivity index (χ2v) is 32.4. The molecule has 19 heteroatoms. The number of hydrogen-bond donors (Lipinski definition) is 3. The van der Waals surface area contributed by atoms with Crippen molar-refractivity contribution in [3.05, 3.63) is 0 Å². The molecule has 0 aliphatic heterocycles. The molecule has 7 atom stereocenters. The van der Waals surface area contributed by atoms with Crippen LogP contribution in [0.5, 0.6) is 0 Å². The summed E-state index contributed by atoms with van der Waals surface area (Å²) < 4.78 is 68.5. The van der Waals surface area contributed by atoms with E-state index >= 15 is 0 Å². The van der Waals surface area contributed by atoms with Crippen LogP contribution in [0.15, 0.2) is 0 Å². The Bertz CT molecular complexity index is 1910. The highest BCUT2D eigenvalue weighted by molar-refractivity contribution is 7.47. The number of aliphatic hydroxyl groups excluding tert-OH is 1. The SMILES string of the molecule is CCC(C)CCCCCCCCCCCCCCCCCCCCC(=O)O[C@H](COC(=O)CCCCCCCCCC(C)C)COP(=O)(O)OCC(O)COP(=O)(O)OC[C@@H](COC(=O)CCCCCCCCCCCCC(C)CC)OC(=O)CCCCCCCCCCC(C)C. The van der Waals surface area contributed by atoms with Gasteiger partial charge in [0, 0.05) is 25.7 Å². The average molecular weight is 1420 g/mol. The van der Waals surface area contributed by atoms with Gasteiger partial charge in [-0.3, -0.25) is 37.3 Å². The molecule has 0 rings (SSSR count). The molecule has 0 aliphatic carbocycles. The normalized spacial score (nSPS) is 14.6. The molecule has 0 radical (unpaired) electrons. The Morgan fingerprint density at radius 3 is 0.732 bits per heavy atom. The van der Waals surface area contributed by atoms with Gasteiger partial charge in [0.2, 0.25) is 0 Å². The lowest BCUT2D eigenvalue weighted by atomic mass is 9.99. The topological polar surface area (TPSA) is 237 Å². The minimum Gasteiger partial charge on any atom is -0.462 e. The van der Waals surface area contributed by atoms with Crippen molar-refractivity contribution < 1.29 is 80.2 Å². The maximum absolute atomic E-state index is 13.1. The zero-order valence-corrected chi connectivity index (χ0v) is 65.5. The van der Waals surface area contributed by atoms with Crippen LogP contribution >= 0.6 is 15.6 Å². The van der Waals surface area contributed by atoms with E-state index in [2.05, 4.69) is 55.4 Å². The van der Waals surface area contributed by atoms with Crippen LogP contribution in [0.2, 0.25) is 0 Å². The number of rotatable bonds is 75. The third-order valence-corrected chi connectivity index (χ3v) is 20.7. The molecule has 0 amide bonds. The predicted octanol–water partition coefficient (Wildman–Crippen LogP) is 22.8. The van der Waals surface area contributed by atoms with Crippen LogP contribution in [0.3, 0.4) is 0 Å². The molecule has 0 saturated heterocycles. The van der Waals surface area contributed by atoms with Crippen molar-refractivity contribution in [2.75, 3.05) is 39.6 Å². The number of hydrogen-bond acceptors (Lipinski definition) is 15. The first-order valence-corrected chi connectivity index (χ1v) is 43.3. The van der Waals surface area contributed by atoms with Crippen LogP contribution in [0.25, 0.3) is 0 Å². The standard InChI is InChI=1S/C78H152O17P2/c1-9-70(7)56-48-40-32-23-19-17-15-13-11-12-14-16-18-20-26-35-44-52-60-77(82)94-74(65-89-76(81)59-51-43-37-29-31-39-47-55-69(5)6)67-93-97(86,87)91-63-72(79)62-90-96(84,85)92-66-73(95-78(83)61-53-45-36-28-27-30-38-46-54-68(3)4)64-88-75(80)58-50-42-34-25-22-21-24-33-41-49-57-71(8)10-2/h68-74,79H,9-67H2,1-8H3,(H,84,85)(H,86,87)/t70?,71?,72?,73-,74-/m1/s1. The van der Waals surface area contributed by atoms with Crippen molar-refractivity contribution in [3.8, 4) is 0 Å². The highest BCUT2D eigenvalue weighted by Gasteiger charge is 2.30. The smallest absolute Gasteiger partial charge is 0.462 e. The lowest BCUT2D eigenvalue weighted by Gasteiger charge is -2.21. The van der Waals surface area contributed by atoms with Gasteiger partial charge in [-0.2, -0.15) is 0 Å². The summed E-state index contributed by atoms with van der Waals surface area (Å²) in [6, 6.07) is 0. The summed E-state index contributed by atoms with van der Waals surface area (Å²) in [5.41, 5.74) is 0. The Balaban J connectivity index is 5.17. The largest absolute Gasteiger partial charge is 0.472 e. The van der Waals surface area contributed by atoms with Gasteiger partial charge in [0.25, 0.3) is 0 Å². The summed E-state index contributed by atoms with van der Waals surface area (Å²) in [5, 5.41) is 10.6. The van der Waals surface area contributed by atoms with Gasteiger partial charge in [-0.25, -0.2) is 9.13 Å². The summed E-state index contributed by atoms with van der Waals surface area (Å²) in [5.74, 6) is 0.982. The molecule has 0 bridgehead atoms. The third kappa shape index (κ3) is 69.5. The van der Waals surface area contributed by atoms with Gasteiger partial charge in [-0.1, -0.05) is 344 Å². The average Bonchev–Trinajstić information content (AvgIpc) is 1.69. The molecule has 17 nitrogen and oxygen atoms in total. The fourth-order valence-corrected chi connectivity index (χ4v) is 13.4. The van der Waals surface area contributed by atoms with Gasteiger partial charge >= 0.3 is 39.5 Å². The maximum atomic E-state index is 13.1. The van der Waals surface area contributed by atoms with Crippen molar-refractivity contribution in [2.45, 2.75) is 414 Å². The molecule has 3 N–H and O–H groups in total. The molecular formula is C78H152O17P2. The summed E-state index contributed by atoms with van der Waals surface area (Å²) in [4.78, 5) is 72.8. The zero-order valence-electron chi connectivity index (χ0n) is 63.7. The van der Waals surface area contributed by atoms with Gasteiger partial charge in [-0.05, 0) is 49.4 Å². The third-order valence-electron chi connectivity index (χ3n) is 18.8. The van der Waals surface area contributed by atoms with Crippen LogP contribution in [-0.2, 0) is 65.4 Å². The molecule has 0 aromatic heterocycles. The number of aliphatic hydroxyl groups is 1. The van der Waals surface area contributed by atoms with Crippen molar-refractivity contribution in [1.82, 2.24) is 0 Å². The Kier molecular flexibility index (Phi) is 65.9. The maximum Gasteiger partial charge on any atom is 0.472 e. The van der Waals surface area contributed by atoms with E-state index in [4.69, 9.17) is 37.0 Å². The van der Waals surface area contributed by atoms with Crippen LogP contribution in [0, 0.1) is 23.7 Å². The molecule has 0 spiro atoms. The predicted molar refractivity (Wildman–Crippen MR) is 395 cm³/mol. The van der Waals surface area contributed by atoms with Crippen LogP contribution < -0.4 is 0 Å². The molecule has 97 heavy (non-hydrogen) atoms. The van der Waals surface area contributed by atoms with E-state index in [1.54, 1.807) is 0 Å². The van der Waals surface area contributed by atoms with E-state index in [1.807, 2.05) is 0 Å². The zero-order chi connectivity index (χ0) is 71.7. The Morgan fingerprint density at radius 2 is 0.495 bits per heavy atom. The van der Waals surface area contributed by atoms with Crippen LogP contribution in [-0.4, -0.2) is 96.7 Å². The molecule has 0 heterocycles. The molecule has 0 aliphatic rings. The molecule has 0 aromatic rings. The van der Waals surface area contributed by atoms with E-state index in [9.17, 15) is 43.2 Å². The summed E-state index contributed by atoms with van der Waals surface area (Å²) in [6.07, 6.45) is 52.9. The molecule has 0 aromatic carbocycles. The van der Waals surface area contributed by atoms with E-state index < -0.39 is 97.5 Å². The van der Waals surface area contributed by atoms with E-state index in [0.29, 0.717) is 31.6 Å². The van der Waals surface area contributed by atoms with E-state index in [-0.39, 0.29) is 25.7 Å². The Morgan fingerprint density at radius 1 is 0.289 bits per heavy atom.